The number of benzene rings is 2. The SMILES string of the molecule is COC(CBr)c1ccccc1-c1ccc(Cl)c(Cl)c1. The van der Waals surface area contributed by atoms with Gasteiger partial charge in [-0.25, -0.2) is 0 Å². The van der Waals surface area contributed by atoms with Crippen molar-refractivity contribution in [3.63, 3.8) is 0 Å². The second-order valence-electron chi connectivity index (χ2n) is 4.09. The van der Waals surface area contributed by atoms with Gasteiger partial charge in [-0.15, -0.1) is 0 Å². The van der Waals surface area contributed by atoms with Crippen LogP contribution in [0.5, 0.6) is 0 Å². The Kier molecular flexibility index (Phi) is 5.28. The summed E-state index contributed by atoms with van der Waals surface area (Å²) in [5.74, 6) is 0. The van der Waals surface area contributed by atoms with Crippen molar-refractivity contribution in [2.24, 2.45) is 0 Å². The molecule has 19 heavy (non-hydrogen) atoms. The summed E-state index contributed by atoms with van der Waals surface area (Å²) in [6, 6.07) is 13.8. The molecule has 2 aromatic carbocycles. The lowest BCUT2D eigenvalue weighted by Gasteiger charge is -2.17. The molecule has 0 aliphatic carbocycles. The number of methoxy groups -OCH3 is 1. The van der Waals surface area contributed by atoms with E-state index in [1.54, 1.807) is 7.11 Å². The summed E-state index contributed by atoms with van der Waals surface area (Å²) in [7, 11) is 1.71. The second-order valence-corrected chi connectivity index (χ2v) is 5.56. The van der Waals surface area contributed by atoms with Crippen LogP contribution in [-0.2, 0) is 4.74 Å². The van der Waals surface area contributed by atoms with Gasteiger partial charge in [-0.3, -0.25) is 0 Å². The summed E-state index contributed by atoms with van der Waals surface area (Å²) in [5, 5.41) is 1.86. The van der Waals surface area contributed by atoms with E-state index in [-0.39, 0.29) is 6.10 Å². The topological polar surface area (TPSA) is 9.23 Å². The summed E-state index contributed by atoms with van der Waals surface area (Å²) < 4.78 is 5.50. The highest BCUT2D eigenvalue weighted by atomic mass is 79.9. The summed E-state index contributed by atoms with van der Waals surface area (Å²) in [5.41, 5.74) is 3.26. The molecular formula is C15H13BrCl2O. The average Bonchev–Trinajstić information content (AvgIpc) is 2.44. The molecule has 0 radical (unpaired) electrons. The molecule has 0 aromatic heterocycles. The highest BCUT2D eigenvalue weighted by molar-refractivity contribution is 9.09. The number of hydrogen-bond donors (Lipinski definition) is 0. The van der Waals surface area contributed by atoms with Crippen LogP contribution in [0.3, 0.4) is 0 Å². The molecule has 100 valence electrons. The lowest BCUT2D eigenvalue weighted by Crippen LogP contribution is -2.04. The standard InChI is InChI=1S/C15H13BrCl2O/c1-19-15(9-16)12-5-3-2-4-11(12)10-6-7-13(17)14(18)8-10/h2-8,15H,9H2,1H3. The van der Waals surface area contributed by atoms with Crippen LogP contribution in [0.25, 0.3) is 11.1 Å². The zero-order chi connectivity index (χ0) is 13.8. The number of ether oxygens (including phenoxy) is 1. The zero-order valence-electron chi connectivity index (χ0n) is 10.4. The lowest BCUT2D eigenvalue weighted by molar-refractivity contribution is 0.125. The van der Waals surface area contributed by atoms with E-state index in [9.17, 15) is 0 Å². The Labute approximate surface area is 131 Å². The second kappa shape index (κ2) is 6.76. The summed E-state index contributed by atoms with van der Waals surface area (Å²) in [6.07, 6.45) is 0.00523. The number of rotatable bonds is 4. The van der Waals surface area contributed by atoms with Crippen LogP contribution in [0.1, 0.15) is 11.7 Å². The minimum Gasteiger partial charge on any atom is -0.376 e. The predicted molar refractivity (Wildman–Crippen MR) is 85.4 cm³/mol. The molecule has 1 atom stereocenters. The lowest BCUT2D eigenvalue weighted by atomic mass is 9.97. The highest BCUT2D eigenvalue weighted by Crippen LogP contribution is 2.34. The van der Waals surface area contributed by atoms with Gasteiger partial charge in [-0.1, -0.05) is 69.5 Å². The molecular weight excluding hydrogens is 347 g/mol. The van der Waals surface area contributed by atoms with Crippen molar-refractivity contribution in [3.05, 3.63) is 58.1 Å². The molecule has 1 unspecified atom stereocenters. The Balaban J connectivity index is 2.52. The number of hydrogen-bond acceptors (Lipinski definition) is 1. The van der Waals surface area contributed by atoms with E-state index < -0.39 is 0 Å². The smallest absolute Gasteiger partial charge is 0.0923 e. The monoisotopic (exact) mass is 358 g/mol. The molecule has 0 saturated carbocycles. The van der Waals surface area contributed by atoms with Crippen LogP contribution >= 0.6 is 39.1 Å². The molecule has 0 fully saturated rings. The Morgan fingerprint density at radius 1 is 1.11 bits per heavy atom. The largest absolute Gasteiger partial charge is 0.376 e. The van der Waals surface area contributed by atoms with E-state index in [2.05, 4.69) is 28.1 Å². The molecule has 4 heteroatoms. The number of alkyl halides is 1. The Morgan fingerprint density at radius 2 is 1.84 bits per heavy atom. The molecule has 2 rings (SSSR count). The molecule has 0 aliphatic rings. The Hall–Kier alpha value is -0.540. The van der Waals surface area contributed by atoms with E-state index in [1.165, 1.54) is 0 Å². The van der Waals surface area contributed by atoms with Gasteiger partial charge < -0.3 is 4.74 Å². The van der Waals surface area contributed by atoms with Gasteiger partial charge in [-0.05, 0) is 28.8 Å². The van der Waals surface area contributed by atoms with Crippen molar-refractivity contribution in [3.8, 4) is 11.1 Å². The van der Waals surface area contributed by atoms with Crippen molar-refractivity contribution in [2.45, 2.75) is 6.10 Å². The van der Waals surface area contributed by atoms with Crippen LogP contribution in [0.4, 0.5) is 0 Å². The van der Waals surface area contributed by atoms with Gasteiger partial charge in [0.05, 0.1) is 16.1 Å². The van der Waals surface area contributed by atoms with Gasteiger partial charge in [0.25, 0.3) is 0 Å². The molecule has 0 N–H and O–H groups in total. The van der Waals surface area contributed by atoms with Gasteiger partial charge in [0, 0.05) is 12.4 Å². The van der Waals surface area contributed by atoms with Crippen molar-refractivity contribution < 1.29 is 4.74 Å². The molecule has 2 aromatic rings. The van der Waals surface area contributed by atoms with Gasteiger partial charge in [0.1, 0.15) is 0 Å². The van der Waals surface area contributed by atoms with E-state index in [4.69, 9.17) is 27.9 Å². The van der Waals surface area contributed by atoms with Crippen LogP contribution in [-0.4, -0.2) is 12.4 Å². The maximum absolute atomic E-state index is 6.09. The molecule has 0 bridgehead atoms. The van der Waals surface area contributed by atoms with E-state index in [0.717, 1.165) is 22.0 Å². The molecule has 0 amide bonds. The van der Waals surface area contributed by atoms with Gasteiger partial charge >= 0.3 is 0 Å². The first-order valence-electron chi connectivity index (χ1n) is 5.80. The van der Waals surface area contributed by atoms with Crippen molar-refractivity contribution in [1.82, 2.24) is 0 Å². The highest BCUT2D eigenvalue weighted by Gasteiger charge is 2.14. The van der Waals surface area contributed by atoms with Crippen LogP contribution in [0, 0.1) is 0 Å². The normalized spacial score (nSPS) is 12.4. The third-order valence-corrected chi connectivity index (χ3v) is 4.29. The molecule has 0 heterocycles. The fourth-order valence-corrected chi connectivity index (χ4v) is 2.89. The fourth-order valence-electron chi connectivity index (χ4n) is 1.98. The molecule has 1 nitrogen and oxygen atoms in total. The van der Waals surface area contributed by atoms with E-state index in [1.807, 2.05) is 30.3 Å². The summed E-state index contributed by atoms with van der Waals surface area (Å²) in [6.45, 7) is 0. The first kappa shape index (κ1) is 14.9. The molecule has 0 aliphatic heterocycles. The van der Waals surface area contributed by atoms with Crippen molar-refractivity contribution in [1.29, 1.82) is 0 Å². The number of halogens is 3. The molecule has 0 saturated heterocycles. The van der Waals surface area contributed by atoms with Crippen LogP contribution < -0.4 is 0 Å². The van der Waals surface area contributed by atoms with Crippen molar-refractivity contribution in [2.75, 3.05) is 12.4 Å². The van der Waals surface area contributed by atoms with E-state index in [0.29, 0.717) is 10.0 Å². The average molecular weight is 360 g/mol. The molecule has 0 spiro atoms. The van der Waals surface area contributed by atoms with Crippen LogP contribution in [0.15, 0.2) is 42.5 Å². The first-order valence-corrected chi connectivity index (χ1v) is 7.68. The third-order valence-electron chi connectivity index (χ3n) is 2.96. The summed E-state index contributed by atoms with van der Waals surface area (Å²) >= 11 is 15.5. The van der Waals surface area contributed by atoms with Crippen molar-refractivity contribution >= 4 is 39.1 Å². The first-order chi connectivity index (χ1) is 9.17. The Bertz CT molecular complexity index is 568. The fraction of sp³-hybridized carbons (Fsp3) is 0.200. The van der Waals surface area contributed by atoms with Gasteiger partial charge in [0.15, 0.2) is 0 Å². The minimum atomic E-state index is 0.00523. The maximum atomic E-state index is 6.09. The maximum Gasteiger partial charge on any atom is 0.0923 e. The van der Waals surface area contributed by atoms with Gasteiger partial charge in [-0.2, -0.15) is 0 Å². The quantitative estimate of drug-likeness (QED) is 0.632. The van der Waals surface area contributed by atoms with E-state index >= 15 is 0 Å². The third kappa shape index (κ3) is 3.32. The Morgan fingerprint density at radius 3 is 2.47 bits per heavy atom. The predicted octanol–water partition coefficient (Wildman–Crippen LogP) is 5.74. The summed E-state index contributed by atoms with van der Waals surface area (Å²) in [4.78, 5) is 0. The minimum absolute atomic E-state index is 0.00523. The zero-order valence-corrected chi connectivity index (χ0v) is 13.5. The van der Waals surface area contributed by atoms with Gasteiger partial charge in [0.2, 0.25) is 0 Å². The van der Waals surface area contributed by atoms with Crippen LogP contribution in [0.2, 0.25) is 10.0 Å².